The predicted molar refractivity (Wildman–Crippen MR) is 65.9 cm³/mol. The highest BCUT2D eigenvalue weighted by Crippen LogP contribution is 1.99. The summed E-state index contributed by atoms with van der Waals surface area (Å²) >= 11 is 0. The molecule has 0 aromatic rings. The molecule has 0 radical (unpaired) electrons. The molecule has 5 N–H and O–H groups in total. The maximum Gasteiger partial charge on any atom is 0.326 e. The van der Waals surface area contributed by atoms with Crippen molar-refractivity contribution in [2.75, 3.05) is 0 Å². The van der Waals surface area contributed by atoms with E-state index in [2.05, 4.69) is 10.6 Å². The van der Waals surface area contributed by atoms with Gasteiger partial charge < -0.3 is 21.5 Å². The summed E-state index contributed by atoms with van der Waals surface area (Å²) < 4.78 is 0. The number of carboxylic acid groups (broad SMARTS) is 1. The first-order valence-electron chi connectivity index (χ1n) is 5.95. The second-order valence-corrected chi connectivity index (χ2v) is 4.22. The molecular weight excluding hydrogens is 238 g/mol. The van der Waals surface area contributed by atoms with Gasteiger partial charge in [0.15, 0.2) is 0 Å². The Morgan fingerprint density at radius 3 is 2.33 bits per heavy atom. The van der Waals surface area contributed by atoms with Crippen LogP contribution in [-0.2, 0) is 9.59 Å². The summed E-state index contributed by atoms with van der Waals surface area (Å²) in [6.45, 7) is 3.87. The van der Waals surface area contributed by atoms with Crippen LogP contribution >= 0.6 is 0 Å². The number of rotatable bonds is 8. The molecule has 104 valence electrons. The molecule has 7 nitrogen and oxygen atoms in total. The minimum atomic E-state index is -1.29. The number of hydrogen-bond donors (Lipinski definition) is 4. The molecular formula is C11H21N3O4. The number of aliphatic carboxylic acids is 1. The van der Waals surface area contributed by atoms with E-state index in [1.807, 2.05) is 13.8 Å². The second kappa shape index (κ2) is 8.32. The molecule has 7 heteroatoms. The average Bonchev–Trinajstić information content (AvgIpc) is 2.24. The van der Waals surface area contributed by atoms with Gasteiger partial charge in [0.2, 0.25) is 5.91 Å². The van der Waals surface area contributed by atoms with Gasteiger partial charge in [-0.25, -0.2) is 9.59 Å². The van der Waals surface area contributed by atoms with Gasteiger partial charge in [-0.15, -0.1) is 0 Å². The van der Waals surface area contributed by atoms with Crippen LogP contribution in [-0.4, -0.2) is 35.1 Å². The molecule has 0 aliphatic rings. The first-order chi connectivity index (χ1) is 8.36. The van der Waals surface area contributed by atoms with E-state index >= 15 is 0 Å². The van der Waals surface area contributed by atoms with E-state index in [4.69, 9.17) is 10.8 Å². The first-order valence-corrected chi connectivity index (χ1v) is 5.95. The minimum Gasteiger partial charge on any atom is -0.480 e. The lowest BCUT2D eigenvalue weighted by atomic mass is 10.1. The van der Waals surface area contributed by atoms with Gasteiger partial charge in [-0.3, -0.25) is 4.79 Å². The molecule has 0 fully saturated rings. The monoisotopic (exact) mass is 259 g/mol. The molecule has 0 bridgehead atoms. The molecule has 0 rings (SSSR count). The zero-order valence-corrected chi connectivity index (χ0v) is 10.7. The number of carbonyl (C=O) groups excluding carboxylic acids is 2. The zero-order valence-electron chi connectivity index (χ0n) is 10.7. The summed E-state index contributed by atoms with van der Waals surface area (Å²) in [7, 11) is 0. The lowest BCUT2D eigenvalue weighted by Crippen LogP contribution is -2.49. The van der Waals surface area contributed by atoms with Crippen molar-refractivity contribution in [3.05, 3.63) is 0 Å². The van der Waals surface area contributed by atoms with Crippen LogP contribution in [0.2, 0.25) is 0 Å². The number of nitrogens with two attached hydrogens (primary N) is 1. The number of hydrogen-bond acceptors (Lipinski definition) is 3. The van der Waals surface area contributed by atoms with Gasteiger partial charge in [-0.05, 0) is 13.3 Å². The number of unbranched alkanes of at least 4 members (excludes halogenated alkanes) is 1. The molecule has 1 unspecified atom stereocenters. The molecule has 0 aromatic heterocycles. The number of primary amides is 1. The number of urea groups is 1. The predicted octanol–water partition coefficient (Wildman–Crippen LogP) is 0.193. The van der Waals surface area contributed by atoms with Crippen molar-refractivity contribution in [3.63, 3.8) is 0 Å². The van der Waals surface area contributed by atoms with Gasteiger partial charge in [0.05, 0.1) is 6.42 Å². The third kappa shape index (κ3) is 7.48. The maximum absolute atomic E-state index is 11.5. The Balaban J connectivity index is 4.17. The van der Waals surface area contributed by atoms with Crippen LogP contribution in [0.4, 0.5) is 4.79 Å². The molecule has 18 heavy (non-hydrogen) atoms. The van der Waals surface area contributed by atoms with E-state index in [-0.39, 0.29) is 6.04 Å². The molecule has 0 aliphatic carbocycles. The van der Waals surface area contributed by atoms with Crippen molar-refractivity contribution in [2.24, 2.45) is 5.73 Å². The standard InChI is InChI=1S/C11H21N3O4/c1-3-4-5-7(2)13-11(18)14-8(10(16)17)6-9(12)15/h7-8H,3-6H2,1-2H3,(H2,12,15)(H,16,17)(H2,13,14,18)/t7?,8-/m1/s1. The van der Waals surface area contributed by atoms with E-state index in [1.54, 1.807) is 0 Å². The lowest BCUT2D eigenvalue weighted by Gasteiger charge is -2.17. The van der Waals surface area contributed by atoms with Gasteiger partial charge in [-0.1, -0.05) is 19.8 Å². The Hall–Kier alpha value is -1.79. The van der Waals surface area contributed by atoms with Gasteiger partial charge in [0, 0.05) is 6.04 Å². The van der Waals surface area contributed by atoms with Crippen molar-refractivity contribution in [2.45, 2.75) is 51.6 Å². The Morgan fingerprint density at radius 2 is 1.89 bits per heavy atom. The van der Waals surface area contributed by atoms with Crippen molar-refractivity contribution in [1.29, 1.82) is 0 Å². The third-order valence-corrected chi connectivity index (χ3v) is 2.38. The molecule has 0 saturated carbocycles. The fourth-order valence-corrected chi connectivity index (χ4v) is 1.41. The SMILES string of the molecule is CCCCC(C)NC(=O)N[C@H](CC(N)=O)C(=O)O. The van der Waals surface area contributed by atoms with Gasteiger partial charge in [0.25, 0.3) is 0 Å². The number of nitrogens with one attached hydrogen (secondary N) is 2. The fraction of sp³-hybridized carbons (Fsp3) is 0.727. The Kier molecular flexibility index (Phi) is 7.50. The van der Waals surface area contributed by atoms with Crippen LogP contribution in [0.25, 0.3) is 0 Å². The van der Waals surface area contributed by atoms with Crippen molar-refractivity contribution < 1.29 is 19.5 Å². The average molecular weight is 259 g/mol. The van der Waals surface area contributed by atoms with Crippen molar-refractivity contribution in [3.8, 4) is 0 Å². The molecule has 0 aromatic carbocycles. The summed E-state index contributed by atoms with van der Waals surface area (Å²) in [5, 5.41) is 13.6. The van der Waals surface area contributed by atoms with Crippen molar-refractivity contribution in [1.82, 2.24) is 10.6 Å². The van der Waals surface area contributed by atoms with Crippen molar-refractivity contribution >= 4 is 17.9 Å². The van der Waals surface area contributed by atoms with E-state index < -0.39 is 30.4 Å². The van der Waals surface area contributed by atoms with E-state index in [0.29, 0.717) is 0 Å². The highest BCUT2D eigenvalue weighted by Gasteiger charge is 2.22. The summed E-state index contributed by atoms with van der Waals surface area (Å²) in [4.78, 5) is 32.9. The Labute approximate surface area is 106 Å². The first kappa shape index (κ1) is 16.2. The molecule has 0 aliphatic heterocycles. The lowest BCUT2D eigenvalue weighted by molar-refractivity contribution is -0.140. The van der Waals surface area contributed by atoms with Crippen LogP contribution in [0, 0.1) is 0 Å². The summed E-state index contributed by atoms with van der Waals surface area (Å²) in [5.74, 6) is -2.06. The summed E-state index contributed by atoms with van der Waals surface area (Å²) in [5.41, 5.74) is 4.90. The molecule has 0 saturated heterocycles. The van der Waals surface area contributed by atoms with Crippen LogP contribution in [0.15, 0.2) is 0 Å². The molecule has 2 atom stereocenters. The number of carboxylic acids is 1. The number of amides is 3. The quantitative estimate of drug-likeness (QED) is 0.497. The Morgan fingerprint density at radius 1 is 1.28 bits per heavy atom. The van der Waals surface area contributed by atoms with Crippen LogP contribution < -0.4 is 16.4 Å². The van der Waals surface area contributed by atoms with E-state index in [1.165, 1.54) is 0 Å². The maximum atomic E-state index is 11.5. The molecule has 0 spiro atoms. The number of carbonyl (C=O) groups is 3. The Bertz CT molecular complexity index is 307. The van der Waals surface area contributed by atoms with Crippen LogP contribution in [0.1, 0.15) is 39.5 Å². The van der Waals surface area contributed by atoms with Gasteiger partial charge in [-0.2, -0.15) is 0 Å². The molecule has 0 heterocycles. The zero-order chi connectivity index (χ0) is 14.1. The highest BCUT2D eigenvalue weighted by atomic mass is 16.4. The van der Waals surface area contributed by atoms with Crippen LogP contribution in [0.3, 0.4) is 0 Å². The van der Waals surface area contributed by atoms with Crippen LogP contribution in [0.5, 0.6) is 0 Å². The second-order valence-electron chi connectivity index (χ2n) is 4.22. The minimum absolute atomic E-state index is 0.0482. The normalized spacial score (nSPS) is 13.4. The topological polar surface area (TPSA) is 122 Å². The third-order valence-electron chi connectivity index (χ3n) is 2.38. The van der Waals surface area contributed by atoms with Gasteiger partial charge in [0.1, 0.15) is 6.04 Å². The largest absolute Gasteiger partial charge is 0.480 e. The smallest absolute Gasteiger partial charge is 0.326 e. The highest BCUT2D eigenvalue weighted by molar-refractivity contribution is 5.87. The van der Waals surface area contributed by atoms with E-state index in [9.17, 15) is 14.4 Å². The summed E-state index contributed by atoms with van der Waals surface area (Å²) in [6.07, 6.45) is 2.39. The molecule has 3 amide bonds. The van der Waals surface area contributed by atoms with E-state index in [0.717, 1.165) is 19.3 Å². The van der Waals surface area contributed by atoms with Gasteiger partial charge >= 0.3 is 12.0 Å². The summed E-state index contributed by atoms with van der Waals surface area (Å²) in [6, 6.07) is -1.94. The fourth-order valence-electron chi connectivity index (χ4n) is 1.41.